The second-order valence-electron chi connectivity index (χ2n) is 4.78. The number of aryl methyl sites for hydroxylation is 2. The van der Waals surface area contributed by atoms with Crippen LogP contribution in [-0.4, -0.2) is 4.92 Å². The minimum atomic E-state index is -0.789. The number of nitro groups is 1. The molecule has 0 bridgehead atoms. The molecule has 0 radical (unpaired) electrons. The molecule has 2 aromatic rings. The second-order valence-corrected chi connectivity index (χ2v) is 5.69. The Kier molecular flexibility index (Phi) is 4.57. The van der Waals surface area contributed by atoms with Crippen LogP contribution in [0.1, 0.15) is 16.7 Å². The van der Waals surface area contributed by atoms with Crippen molar-refractivity contribution in [3.05, 3.63) is 67.4 Å². The predicted molar refractivity (Wildman–Crippen MR) is 84.0 cm³/mol. The molecule has 6 heteroatoms. The molecule has 0 fully saturated rings. The van der Waals surface area contributed by atoms with Gasteiger partial charge in [-0.2, -0.15) is 4.39 Å². The zero-order chi connectivity index (χ0) is 15.6. The van der Waals surface area contributed by atoms with Crippen molar-refractivity contribution in [1.29, 1.82) is 0 Å². The van der Waals surface area contributed by atoms with Gasteiger partial charge in [-0.15, -0.1) is 0 Å². The van der Waals surface area contributed by atoms with Crippen LogP contribution in [0.15, 0.2) is 34.8 Å². The van der Waals surface area contributed by atoms with Gasteiger partial charge in [0, 0.05) is 28.3 Å². The van der Waals surface area contributed by atoms with E-state index in [9.17, 15) is 14.5 Å². The van der Waals surface area contributed by atoms with Crippen molar-refractivity contribution in [3.63, 3.8) is 0 Å². The van der Waals surface area contributed by atoms with Crippen molar-refractivity contribution < 1.29 is 9.31 Å². The van der Waals surface area contributed by atoms with E-state index in [1.165, 1.54) is 6.07 Å². The molecule has 1 N–H and O–H groups in total. The Morgan fingerprint density at radius 1 is 1.29 bits per heavy atom. The average Bonchev–Trinajstić information content (AvgIpc) is 2.38. The van der Waals surface area contributed by atoms with E-state index in [4.69, 9.17) is 0 Å². The molecule has 0 aliphatic rings. The molecule has 0 spiro atoms. The minimum Gasteiger partial charge on any atom is -0.380 e. The maximum absolute atomic E-state index is 14.0. The smallest absolute Gasteiger partial charge is 0.305 e. The summed E-state index contributed by atoms with van der Waals surface area (Å²) in [6.45, 7) is 4.09. The molecule has 0 aromatic heterocycles. The highest BCUT2D eigenvalue weighted by molar-refractivity contribution is 9.10. The van der Waals surface area contributed by atoms with Crippen LogP contribution in [-0.2, 0) is 6.54 Å². The number of halogens is 2. The molecule has 110 valence electrons. The first-order valence-corrected chi connectivity index (χ1v) is 7.12. The Hall–Kier alpha value is -1.95. The highest BCUT2D eigenvalue weighted by Gasteiger charge is 2.17. The third-order valence-electron chi connectivity index (χ3n) is 3.21. The quantitative estimate of drug-likeness (QED) is 0.639. The average molecular weight is 353 g/mol. The molecule has 4 nitrogen and oxygen atoms in total. The van der Waals surface area contributed by atoms with Crippen LogP contribution >= 0.6 is 15.9 Å². The molecule has 2 rings (SSSR count). The predicted octanol–water partition coefficient (Wildman–Crippen LogP) is 4.73. The Morgan fingerprint density at radius 3 is 2.48 bits per heavy atom. The van der Waals surface area contributed by atoms with Crippen LogP contribution in [0.3, 0.4) is 0 Å². The number of benzene rings is 2. The van der Waals surface area contributed by atoms with Gasteiger partial charge in [0.05, 0.1) is 4.92 Å². The van der Waals surface area contributed by atoms with Gasteiger partial charge in [-0.3, -0.25) is 10.1 Å². The molecule has 0 atom stereocenters. The maximum atomic E-state index is 14.0. The zero-order valence-electron chi connectivity index (χ0n) is 11.6. The number of rotatable bonds is 4. The molecule has 2 aromatic carbocycles. The molecule has 0 saturated heterocycles. The highest BCUT2D eigenvalue weighted by atomic mass is 79.9. The largest absolute Gasteiger partial charge is 0.380 e. The maximum Gasteiger partial charge on any atom is 0.305 e. The summed E-state index contributed by atoms with van der Waals surface area (Å²) in [5.41, 5.74) is 2.72. The molecule has 0 unspecified atom stereocenters. The van der Waals surface area contributed by atoms with E-state index in [0.717, 1.165) is 27.4 Å². The van der Waals surface area contributed by atoms with E-state index < -0.39 is 16.4 Å². The van der Waals surface area contributed by atoms with Crippen LogP contribution in [0.2, 0.25) is 0 Å². The lowest BCUT2D eigenvalue weighted by atomic mass is 10.1. The second kappa shape index (κ2) is 6.22. The summed E-state index contributed by atoms with van der Waals surface area (Å²) in [5, 5.41) is 13.9. The highest BCUT2D eigenvalue weighted by Crippen LogP contribution is 2.27. The van der Waals surface area contributed by atoms with Crippen molar-refractivity contribution in [2.45, 2.75) is 20.4 Å². The van der Waals surface area contributed by atoms with Gasteiger partial charge in [0.15, 0.2) is 0 Å². The molecule has 0 aliphatic carbocycles. The first kappa shape index (κ1) is 15.4. The summed E-state index contributed by atoms with van der Waals surface area (Å²) in [7, 11) is 0. The van der Waals surface area contributed by atoms with Gasteiger partial charge < -0.3 is 5.32 Å². The Labute approximate surface area is 130 Å². The number of nitrogens with zero attached hydrogens (tertiary/aromatic N) is 1. The lowest BCUT2D eigenvalue weighted by Gasteiger charge is -2.14. The van der Waals surface area contributed by atoms with E-state index in [2.05, 4.69) is 21.2 Å². The molecule has 21 heavy (non-hydrogen) atoms. The lowest BCUT2D eigenvalue weighted by molar-refractivity contribution is -0.387. The molecule has 0 amide bonds. The van der Waals surface area contributed by atoms with E-state index >= 15 is 0 Å². The number of hydrogen-bond donors (Lipinski definition) is 1. The van der Waals surface area contributed by atoms with Crippen molar-refractivity contribution >= 4 is 27.3 Å². The van der Waals surface area contributed by atoms with Gasteiger partial charge in [-0.25, -0.2) is 0 Å². The van der Waals surface area contributed by atoms with Crippen molar-refractivity contribution in [2.75, 3.05) is 5.32 Å². The first-order valence-electron chi connectivity index (χ1n) is 6.32. The van der Waals surface area contributed by atoms with Crippen LogP contribution < -0.4 is 5.32 Å². The summed E-state index contributed by atoms with van der Waals surface area (Å²) in [4.78, 5) is 10.0. The Balaban J connectivity index is 2.25. The third-order valence-corrected chi connectivity index (χ3v) is 3.67. The fourth-order valence-electron chi connectivity index (χ4n) is 2.22. The van der Waals surface area contributed by atoms with Gasteiger partial charge in [0.2, 0.25) is 5.82 Å². The summed E-state index contributed by atoms with van der Waals surface area (Å²) in [6.07, 6.45) is 0. The van der Waals surface area contributed by atoms with Crippen LogP contribution in [0.25, 0.3) is 0 Å². The summed E-state index contributed by atoms with van der Waals surface area (Å²) in [6, 6.07) is 8.10. The number of hydrogen-bond acceptors (Lipinski definition) is 3. The normalized spacial score (nSPS) is 10.5. The van der Waals surface area contributed by atoms with Gasteiger partial charge in [-0.1, -0.05) is 28.1 Å². The van der Waals surface area contributed by atoms with Crippen molar-refractivity contribution in [3.8, 4) is 0 Å². The molecule has 0 aliphatic heterocycles. The first-order chi connectivity index (χ1) is 9.90. The number of anilines is 1. The zero-order valence-corrected chi connectivity index (χ0v) is 13.2. The van der Waals surface area contributed by atoms with E-state index in [0.29, 0.717) is 0 Å². The standard InChI is InChI=1S/C15H14BrFN2O2/c1-9-6-12(16)7-10(2)15(9)18-8-11-4-3-5-13(14(11)17)19(20)21/h3-7,18H,8H2,1-2H3. The SMILES string of the molecule is Cc1cc(Br)cc(C)c1NCc1cccc([N+](=O)[O-])c1F. The van der Waals surface area contributed by atoms with Crippen molar-refractivity contribution in [2.24, 2.45) is 0 Å². The Morgan fingerprint density at radius 2 is 1.90 bits per heavy atom. The van der Waals surface area contributed by atoms with E-state index in [-0.39, 0.29) is 12.1 Å². The molecule has 0 heterocycles. The molecule has 0 saturated carbocycles. The molecular weight excluding hydrogens is 339 g/mol. The third kappa shape index (κ3) is 3.39. The van der Waals surface area contributed by atoms with Crippen LogP contribution in [0, 0.1) is 29.8 Å². The fourth-order valence-corrected chi connectivity index (χ4v) is 2.90. The van der Waals surface area contributed by atoms with Gasteiger partial charge in [0.1, 0.15) is 0 Å². The van der Waals surface area contributed by atoms with Gasteiger partial charge >= 0.3 is 5.69 Å². The van der Waals surface area contributed by atoms with Crippen molar-refractivity contribution in [1.82, 2.24) is 0 Å². The van der Waals surface area contributed by atoms with Gasteiger partial charge in [0.25, 0.3) is 0 Å². The summed E-state index contributed by atoms with van der Waals surface area (Å²) >= 11 is 3.42. The van der Waals surface area contributed by atoms with E-state index in [1.807, 2.05) is 26.0 Å². The fraction of sp³-hybridized carbons (Fsp3) is 0.200. The number of nitro benzene ring substituents is 1. The lowest BCUT2D eigenvalue weighted by Crippen LogP contribution is -2.06. The monoisotopic (exact) mass is 352 g/mol. The minimum absolute atomic E-state index is 0.191. The van der Waals surface area contributed by atoms with Gasteiger partial charge in [-0.05, 0) is 37.1 Å². The summed E-state index contributed by atoms with van der Waals surface area (Å²) in [5.74, 6) is -0.789. The van der Waals surface area contributed by atoms with Crippen LogP contribution in [0.4, 0.5) is 15.8 Å². The molecular formula is C15H14BrFN2O2. The Bertz CT molecular complexity index is 681. The summed E-state index contributed by atoms with van der Waals surface area (Å²) < 4.78 is 15.0. The number of nitrogens with one attached hydrogen (secondary N) is 1. The van der Waals surface area contributed by atoms with Crippen LogP contribution in [0.5, 0.6) is 0 Å². The topological polar surface area (TPSA) is 55.2 Å². The van der Waals surface area contributed by atoms with E-state index in [1.54, 1.807) is 6.07 Å².